The fraction of sp³-hybridized carbons (Fsp3) is 0.682. The molecular weight excluding hydrogens is 406 g/mol. The first-order valence-electron chi connectivity index (χ1n) is 10.7. The Morgan fingerprint density at radius 2 is 1.58 bits per heavy atom. The lowest BCUT2D eigenvalue weighted by Gasteiger charge is -2.44. The van der Waals surface area contributed by atoms with Gasteiger partial charge in [0.1, 0.15) is 12.2 Å². The summed E-state index contributed by atoms with van der Waals surface area (Å²) >= 11 is 0. The maximum Gasteiger partial charge on any atom is 0.338 e. The molecule has 1 aromatic rings. The van der Waals surface area contributed by atoms with Crippen LogP contribution in [0.1, 0.15) is 17.3 Å². The van der Waals surface area contributed by atoms with Gasteiger partial charge in [0.25, 0.3) is 0 Å². The Morgan fingerprint density at radius 1 is 0.935 bits per heavy atom. The lowest BCUT2D eigenvalue weighted by molar-refractivity contribution is -0.304. The van der Waals surface area contributed by atoms with Gasteiger partial charge in [0.05, 0.1) is 51.3 Å². The molecule has 2 heterocycles. The molecule has 9 nitrogen and oxygen atoms in total. The molecule has 2 fully saturated rings. The van der Waals surface area contributed by atoms with Crippen molar-refractivity contribution < 1.29 is 38.0 Å². The first-order chi connectivity index (χ1) is 15.2. The predicted molar refractivity (Wildman–Crippen MR) is 111 cm³/mol. The van der Waals surface area contributed by atoms with E-state index in [9.17, 15) is 4.79 Å². The van der Waals surface area contributed by atoms with Crippen LogP contribution in [0, 0.1) is 0 Å². The fourth-order valence-electron chi connectivity index (χ4n) is 3.56. The minimum atomic E-state index is -0.678. The summed E-state index contributed by atoms with van der Waals surface area (Å²) in [6.45, 7) is 5.93. The van der Waals surface area contributed by atoms with E-state index in [1.807, 2.05) is 13.0 Å². The summed E-state index contributed by atoms with van der Waals surface area (Å²) in [5.74, 6) is -0.444. The number of carbonyl (C=O) groups is 1. The molecule has 9 heteroatoms. The van der Waals surface area contributed by atoms with Crippen molar-refractivity contribution in [3.8, 4) is 0 Å². The van der Waals surface area contributed by atoms with E-state index >= 15 is 0 Å². The molecule has 0 spiro atoms. The van der Waals surface area contributed by atoms with E-state index < -0.39 is 36.7 Å². The number of carbonyl (C=O) groups excluding carboxylic acids is 1. The SMILES string of the molecule is CO[C@H]1O[C@H](C)[C@@H](OC(=O)c2ccccc2)[C@@H]2OCCOCCNCCOCCO[C@@H]12. The number of fused-ring (bicyclic) bond motifs is 1. The lowest BCUT2D eigenvalue weighted by atomic mass is 9.98. The molecule has 174 valence electrons. The van der Waals surface area contributed by atoms with Crippen LogP contribution >= 0.6 is 0 Å². The zero-order valence-electron chi connectivity index (χ0n) is 18.2. The Kier molecular flexibility index (Phi) is 10.1. The largest absolute Gasteiger partial charge is 0.453 e. The highest BCUT2D eigenvalue weighted by Gasteiger charge is 2.48. The third-order valence-electron chi connectivity index (χ3n) is 5.13. The van der Waals surface area contributed by atoms with E-state index in [2.05, 4.69) is 5.32 Å². The minimum Gasteiger partial charge on any atom is -0.453 e. The zero-order chi connectivity index (χ0) is 21.9. The van der Waals surface area contributed by atoms with Crippen molar-refractivity contribution in [3.63, 3.8) is 0 Å². The molecule has 2 aliphatic heterocycles. The van der Waals surface area contributed by atoms with Crippen molar-refractivity contribution in [2.24, 2.45) is 0 Å². The van der Waals surface area contributed by atoms with Gasteiger partial charge >= 0.3 is 5.97 Å². The first kappa shape index (κ1) is 24.1. The molecule has 2 aliphatic rings. The molecule has 3 rings (SSSR count). The molecule has 0 saturated carbocycles. The summed E-state index contributed by atoms with van der Waals surface area (Å²) in [6.07, 6.45) is -2.98. The molecule has 0 unspecified atom stereocenters. The monoisotopic (exact) mass is 439 g/mol. The van der Waals surface area contributed by atoms with Crippen LogP contribution in [-0.4, -0.2) is 96.5 Å². The average Bonchev–Trinajstić information content (AvgIpc) is 2.80. The normalized spacial score (nSPS) is 31.6. The van der Waals surface area contributed by atoms with Crippen LogP contribution in [0.2, 0.25) is 0 Å². The molecule has 1 N–H and O–H groups in total. The number of benzene rings is 1. The van der Waals surface area contributed by atoms with E-state index in [4.69, 9.17) is 33.2 Å². The van der Waals surface area contributed by atoms with Crippen LogP contribution < -0.4 is 5.32 Å². The molecule has 5 atom stereocenters. The van der Waals surface area contributed by atoms with Crippen LogP contribution in [0.15, 0.2) is 30.3 Å². The smallest absolute Gasteiger partial charge is 0.338 e. The van der Waals surface area contributed by atoms with Gasteiger partial charge in [0, 0.05) is 20.2 Å². The van der Waals surface area contributed by atoms with Crippen LogP contribution in [0.5, 0.6) is 0 Å². The van der Waals surface area contributed by atoms with Gasteiger partial charge in [0.15, 0.2) is 12.4 Å². The maximum atomic E-state index is 12.7. The highest BCUT2D eigenvalue weighted by atomic mass is 16.7. The van der Waals surface area contributed by atoms with Gasteiger partial charge in [-0.05, 0) is 19.1 Å². The summed E-state index contributed by atoms with van der Waals surface area (Å²) in [6, 6.07) is 8.84. The zero-order valence-corrected chi connectivity index (χ0v) is 18.2. The Labute approximate surface area is 183 Å². The molecule has 0 amide bonds. The van der Waals surface area contributed by atoms with Gasteiger partial charge in [-0.3, -0.25) is 0 Å². The van der Waals surface area contributed by atoms with Crippen molar-refractivity contribution in [1.29, 1.82) is 0 Å². The number of hydrogen-bond acceptors (Lipinski definition) is 9. The number of rotatable bonds is 3. The maximum absolute atomic E-state index is 12.7. The molecule has 0 radical (unpaired) electrons. The van der Waals surface area contributed by atoms with E-state index in [1.165, 1.54) is 0 Å². The molecule has 0 aromatic heterocycles. The quantitative estimate of drug-likeness (QED) is 0.693. The van der Waals surface area contributed by atoms with Gasteiger partial charge in [-0.15, -0.1) is 0 Å². The Hall–Kier alpha value is -1.59. The van der Waals surface area contributed by atoms with Crippen molar-refractivity contribution >= 4 is 5.97 Å². The first-order valence-corrected chi connectivity index (χ1v) is 10.7. The second-order valence-corrected chi connectivity index (χ2v) is 7.33. The number of hydrogen-bond donors (Lipinski definition) is 1. The predicted octanol–water partition coefficient (Wildman–Crippen LogP) is 1.01. The van der Waals surface area contributed by atoms with Gasteiger partial charge in [-0.25, -0.2) is 4.79 Å². The van der Waals surface area contributed by atoms with E-state index in [1.54, 1.807) is 31.4 Å². The van der Waals surface area contributed by atoms with Crippen LogP contribution in [0.4, 0.5) is 0 Å². The fourth-order valence-corrected chi connectivity index (χ4v) is 3.56. The summed E-state index contributed by atoms with van der Waals surface area (Å²) in [7, 11) is 1.55. The van der Waals surface area contributed by atoms with Gasteiger partial charge in [0.2, 0.25) is 0 Å². The lowest BCUT2D eigenvalue weighted by Crippen LogP contribution is -2.60. The van der Waals surface area contributed by atoms with Gasteiger partial charge < -0.3 is 38.5 Å². The van der Waals surface area contributed by atoms with Crippen molar-refractivity contribution in [1.82, 2.24) is 5.32 Å². The van der Waals surface area contributed by atoms with Crippen LogP contribution in [0.25, 0.3) is 0 Å². The molecule has 1 aromatic carbocycles. The van der Waals surface area contributed by atoms with Crippen molar-refractivity contribution in [2.45, 2.75) is 37.6 Å². The third kappa shape index (κ3) is 7.21. The highest BCUT2D eigenvalue weighted by molar-refractivity contribution is 5.89. The number of nitrogens with one attached hydrogen (secondary N) is 1. The van der Waals surface area contributed by atoms with E-state index in [0.717, 1.165) is 13.1 Å². The van der Waals surface area contributed by atoms with Gasteiger partial charge in [-0.2, -0.15) is 0 Å². The second-order valence-electron chi connectivity index (χ2n) is 7.33. The molecule has 2 saturated heterocycles. The van der Waals surface area contributed by atoms with Crippen LogP contribution in [0.3, 0.4) is 0 Å². The summed E-state index contributed by atoms with van der Waals surface area (Å²) in [5, 5.41) is 3.24. The molecular formula is C22H33NO8. The summed E-state index contributed by atoms with van der Waals surface area (Å²) < 4.78 is 40.7. The minimum absolute atomic E-state index is 0.323. The number of ether oxygens (including phenoxy) is 7. The Morgan fingerprint density at radius 3 is 2.23 bits per heavy atom. The van der Waals surface area contributed by atoms with Crippen molar-refractivity contribution in [2.75, 3.05) is 59.8 Å². The topological polar surface area (TPSA) is 93.7 Å². The summed E-state index contributed by atoms with van der Waals surface area (Å²) in [5.41, 5.74) is 0.461. The Bertz CT molecular complexity index is 646. The average molecular weight is 440 g/mol. The van der Waals surface area contributed by atoms with Gasteiger partial charge in [-0.1, -0.05) is 18.2 Å². The van der Waals surface area contributed by atoms with E-state index in [-0.39, 0.29) is 0 Å². The molecule has 0 bridgehead atoms. The van der Waals surface area contributed by atoms with E-state index in [0.29, 0.717) is 45.2 Å². The highest BCUT2D eigenvalue weighted by Crippen LogP contribution is 2.29. The number of methoxy groups -OCH3 is 1. The summed E-state index contributed by atoms with van der Waals surface area (Å²) in [4.78, 5) is 12.7. The third-order valence-corrected chi connectivity index (χ3v) is 5.13. The van der Waals surface area contributed by atoms with Crippen molar-refractivity contribution in [3.05, 3.63) is 35.9 Å². The Balaban J connectivity index is 1.74. The standard InChI is InChI=1S/C22H33NO8/c1-16-18(31-21(24)17-6-4-3-5-7-17)19-20(22(25-2)30-16)29-15-13-27-11-9-23-8-10-26-12-14-28-19/h3-7,16,18-20,22-23H,8-15H2,1-2H3/t16-,18-,19+,20-,22+/m1/s1. The number of esters is 1. The second kappa shape index (κ2) is 13.1. The molecule has 31 heavy (non-hydrogen) atoms. The molecule has 0 aliphatic carbocycles. The van der Waals surface area contributed by atoms with Crippen LogP contribution in [-0.2, 0) is 33.2 Å².